The lowest BCUT2D eigenvalue weighted by molar-refractivity contribution is 0.229. The van der Waals surface area contributed by atoms with Crippen LogP contribution in [0.25, 0.3) is 0 Å². The Bertz CT molecular complexity index is 315. The van der Waals surface area contributed by atoms with E-state index < -0.39 is 0 Å². The summed E-state index contributed by atoms with van der Waals surface area (Å²) in [6.45, 7) is 4.25. The summed E-state index contributed by atoms with van der Waals surface area (Å²) in [5.74, 6) is 1.69. The van der Waals surface area contributed by atoms with E-state index in [1.807, 2.05) is 6.92 Å². The maximum Gasteiger partial charge on any atom is 0.225 e. The molecular formula is C11H18ClN3. The zero-order valence-corrected chi connectivity index (χ0v) is 10.2. The monoisotopic (exact) mass is 227 g/mol. The lowest BCUT2D eigenvalue weighted by Gasteiger charge is -2.32. The van der Waals surface area contributed by atoms with Crippen molar-refractivity contribution >= 4 is 11.6 Å². The molecule has 0 bridgehead atoms. The fourth-order valence-corrected chi connectivity index (χ4v) is 3.01. The van der Waals surface area contributed by atoms with Crippen molar-refractivity contribution in [2.24, 2.45) is 5.92 Å². The Hall–Kier alpha value is -0.570. The van der Waals surface area contributed by atoms with Gasteiger partial charge in [0.05, 0.1) is 0 Å². The minimum absolute atomic E-state index is 0.520. The summed E-state index contributed by atoms with van der Waals surface area (Å²) in [7, 11) is 0. The summed E-state index contributed by atoms with van der Waals surface area (Å²) in [5.41, 5.74) is 0. The second-order valence-corrected chi connectivity index (χ2v) is 4.74. The molecule has 15 heavy (non-hydrogen) atoms. The number of hydrogen-bond donors (Lipinski definition) is 0. The Morgan fingerprint density at radius 1 is 1.33 bits per heavy atom. The molecule has 0 radical (unpaired) electrons. The van der Waals surface area contributed by atoms with Crippen molar-refractivity contribution in [3.8, 4) is 0 Å². The molecule has 0 saturated heterocycles. The lowest BCUT2D eigenvalue weighted by atomic mass is 9.82. The first kappa shape index (κ1) is 10.9. The van der Waals surface area contributed by atoms with Gasteiger partial charge in [0.25, 0.3) is 0 Å². The van der Waals surface area contributed by atoms with E-state index in [0.717, 1.165) is 11.7 Å². The Kier molecular flexibility index (Phi) is 3.29. The first-order valence-corrected chi connectivity index (χ1v) is 6.18. The van der Waals surface area contributed by atoms with Crippen LogP contribution < -0.4 is 0 Å². The van der Waals surface area contributed by atoms with E-state index in [2.05, 4.69) is 21.7 Å². The molecule has 0 aliphatic heterocycles. The molecule has 1 aromatic heterocycles. The Balaban J connectivity index is 2.27. The topological polar surface area (TPSA) is 30.7 Å². The second kappa shape index (κ2) is 4.52. The largest absolute Gasteiger partial charge is 0.299 e. The molecule has 1 aliphatic carbocycles. The van der Waals surface area contributed by atoms with Crippen LogP contribution in [0.5, 0.6) is 0 Å². The minimum atomic E-state index is 0.520. The molecular weight excluding hydrogens is 210 g/mol. The highest BCUT2D eigenvalue weighted by atomic mass is 35.5. The van der Waals surface area contributed by atoms with Crippen LogP contribution >= 0.6 is 11.6 Å². The van der Waals surface area contributed by atoms with Gasteiger partial charge in [0, 0.05) is 6.04 Å². The van der Waals surface area contributed by atoms with E-state index in [-0.39, 0.29) is 0 Å². The highest BCUT2D eigenvalue weighted by molar-refractivity contribution is 6.28. The second-order valence-electron chi connectivity index (χ2n) is 4.41. The Labute approximate surface area is 95.8 Å². The molecule has 2 atom stereocenters. The Morgan fingerprint density at radius 3 is 2.67 bits per heavy atom. The average Bonchev–Trinajstić information content (AvgIpc) is 2.59. The van der Waals surface area contributed by atoms with Gasteiger partial charge in [-0.2, -0.15) is 0 Å². The average molecular weight is 228 g/mol. The van der Waals surface area contributed by atoms with Gasteiger partial charge in [-0.25, -0.2) is 0 Å². The summed E-state index contributed by atoms with van der Waals surface area (Å²) in [4.78, 5) is 0. The summed E-state index contributed by atoms with van der Waals surface area (Å²) >= 11 is 6.09. The molecule has 0 amide bonds. The van der Waals surface area contributed by atoms with Gasteiger partial charge in [-0.05, 0) is 37.3 Å². The third-order valence-corrected chi connectivity index (χ3v) is 3.81. The molecule has 0 N–H and O–H groups in total. The first-order chi connectivity index (χ1) is 7.24. The molecule has 1 fully saturated rings. The number of aromatic nitrogens is 3. The van der Waals surface area contributed by atoms with Crippen molar-refractivity contribution in [2.45, 2.75) is 52.0 Å². The third-order valence-electron chi connectivity index (χ3n) is 3.55. The minimum Gasteiger partial charge on any atom is -0.299 e. The van der Waals surface area contributed by atoms with Crippen molar-refractivity contribution in [1.82, 2.24) is 14.8 Å². The van der Waals surface area contributed by atoms with E-state index in [9.17, 15) is 0 Å². The molecule has 1 heterocycles. The van der Waals surface area contributed by atoms with Crippen molar-refractivity contribution in [3.05, 3.63) is 11.1 Å². The molecule has 2 unspecified atom stereocenters. The van der Waals surface area contributed by atoms with Gasteiger partial charge in [-0.1, -0.05) is 26.2 Å². The number of nitrogens with zero attached hydrogens (tertiary/aromatic N) is 3. The smallest absolute Gasteiger partial charge is 0.225 e. The number of hydrogen-bond acceptors (Lipinski definition) is 2. The van der Waals surface area contributed by atoms with E-state index in [1.54, 1.807) is 0 Å². The predicted octanol–water partition coefficient (Wildman–Crippen LogP) is 3.38. The van der Waals surface area contributed by atoms with Crippen LogP contribution in [0.4, 0.5) is 0 Å². The lowest BCUT2D eigenvalue weighted by Crippen LogP contribution is -2.23. The van der Waals surface area contributed by atoms with Crippen LogP contribution in [-0.4, -0.2) is 14.8 Å². The third kappa shape index (κ3) is 2.03. The van der Waals surface area contributed by atoms with Crippen LogP contribution in [0.15, 0.2) is 0 Å². The predicted molar refractivity (Wildman–Crippen MR) is 61.1 cm³/mol. The van der Waals surface area contributed by atoms with Gasteiger partial charge in [-0.15, -0.1) is 10.2 Å². The maximum atomic E-state index is 6.09. The summed E-state index contributed by atoms with van der Waals surface area (Å²) in [5, 5.41) is 8.53. The van der Waals surface area contributed by atoms with Crippen molar-refractivity contribution in [1.29, 1.82) is 0 Å². The van der Waals surface area contributed by atoms with Crippen molar-refractivity contribution in [2.75, 3.05) is 0 Å². The number of halogens is 1. The van der Waals surface area contributed by atoms with Gasteiger partial charge in [0.2, 0.25) is 5.28 Å². The van der Waals surface area contributed by atoms with Gasteiger partial charge in [-0.3, -0.25) is 4.57 Å². The zero-order chi connectivity index (χ0) is 10.8. The molecule has 1 aliphatic rings. The summed E-state index contributed by atoms with van der Waals surface area (Å²) in [6.07, 6.45) is 6.41. The molecule has 1 aromatic rings. The Morgan fingerprint density at radius 2 is 2.07 bits per heavy atom. The first-order valence-electron chi connectivity index (χ1n) is 5.81. The molecule has 1 saturated carbocycles. The number of rotatable bonds is 2. The van der Waals surface area contributed by atoms with Gasteiger partial charge in [0.15, 0.2) is 0 Å². The van der Waals surface area contributed by atoms with E-state index in [0.29, 0.717) is 11.3 Å². The van der Waals surface area contributed by atoms with E-state index in [4.69, 9.17) is 11.6 Å². The van der Waals surface area contributed by atoms with Gasteiger partial charge in [0.1, 0.15) is 5.82 Å². The molecule has 0 aromatic carbocycles. The maximum absolute atomic E-state index is 6.09. The van der Waals surface area contributed by atoms with Crippen LogP contribution in [0.1, 0.15) is 50.9 Å². The summed E-state index contributed by atoms with van der Waals surface area (Å²) < 4.78 is 2.12. The van der Waals surface area contributed by atoms with E-state index in [1.165, 1.54) is 32.1 Å². The van der Waals surface area contributed by atoms with E-state index >= 15 is 0 Å². The molecule has 2 rings (SSSR count). The van der Waals surface area contributed by atoms with Crippen molar-refractivity contribution < 1.29 is 0 Å². The zero-order valence-electron chi connectivity index (χ0n) is 9.41. The highest BCUT2D eigenvalue weighted by Crippen LogP contribution is 2.37. The van der Waals surface area contributed by atoms with Gasteiger partial charge < -0.3 is 0 Å². The quantitative estimate of drug-likeness (QED) is 0.776. The van der Waals surface area contributed by atoms with Gasteiger partial charge >= 0.3 is 0 Å². The molecule has 3 nitrogen and oxygen atoms in total. The molecule has 4 heteroatoms. The summed E-state index contributed by atoms with van der Waals surface area (Å²) in [6, 6.07) is 0.520. The number of aryl methyl sites for hydroxylation is 1. The fourth-order valence-electron chi connectivity index (χ4n) is 2.72. The normalized spacial score (nSPS) is 26.9. The van der Waals surface area contributed by atoms with Crippen molar-refractivity contribution in [3.63, 3.8) is 0 Å². The molecule has 0 spiro atoms. The SMILES string of the molecule is CCC1CCCCC1n1c(C)nnc1Cl. The van der Waals surface area contributed by atoms with Crippen LogP contribution in [-0.2, 0) is 0 Å². The van der Waals surface area contributed by atoms with Crippen LogP contribution in [0.3, 0.4) is 0 Å². The molecule has 84 valence electrons. The van der Waals surface area contributed by atoms with Crippen LogP contribution in [0, 0.1) is 12.8 Å². The fraction of sp³-hybridized carbons (Fsp3) is 0.818. The highest BCUT2D eigenvalue weighted by Gasteiger charge is 2.27. The standard InChI is InChI=1S/C11H18ClN3/c1-3-9-6-4-5-7-10(9)15-8(2)13-14-11(15)12/h9-10H,3-7H2,1-2H3. The van der Waals surface area contributed by atoms with Crippen LogP contribution in [0.2, 0.25) is 5.28 Å².